The van der Waals surface area contributed by atoms with Gasteiger partial charge in [0.1, 0.15) is 0 Å². The van der Waals surface area contributed by atoms with E-state index >= 15 is 0 Å². The van der Waals surface area contributed by atoms with Crippen LogP contribution in [0.1, 0.15) is 12.0 Å². The minimum Gasteiger partial charge on any atom is -0.316 e. The number of sulfonamides is 1. The highest BCUT2D eigenvalue weighted by Gasteiger charge is 2.24. The van der Waals surface area contributed by atoms with Crippen molar-refractivity contribution in [2.75, 3.05) is 33.7 Å². The number of H-pyrrole nitrogens is 1. The second kappa shape index (κ2) is 6.00. The Labute approximate surface area is 113 Å². The van der Waals surface area contributed by atoms with Crippen LogP contribution < -0.4 is 10.0 Å². The molecule has 2 rings (SSSR count). The van der Waals surface area contributed by atoms with Gasteiger partial charge in [-0.3, -0.25) is 5.10 Å². The molecule has 1 aromatic rings. The van der Waals surface area contributed by atoms with E-state index in [2.05, 4.69) is 32.2 Å². The van der Waals surface area contributed by atoms with Gasteiger partial charge >= 0.3 is 0 Å². The summed E-state index contributed by atoms with van der Waals surface area (Å²) in [5.74, 6) is 0.385. The topological polar surface area (TPSA) is 90.1 Å². The second-order valence-electron chi connectivity index (χ2n) is 5.02. The van der Waals surface area contributed by atoms with E-state index in [4.69, 9.17) is 0 Å². The van der Waals surface area contributed by atoms with Crippen molar-refractivity contribution in [1.29, 1.82) is 0 Å². The van der Waals surface area contributed by atoms with Gasteiger partial charge in [0.05, 0.1) is 6.20 Å². The molecule has 1 atom stereocenters. The van der Waals surface area contributed by atoms with E-state index in [-0.39, 0.29) is 5.03 Å². The number of aromatic amines is 1. The average Bonchev–Trinajstić information content (AvgIpc) is 2.97. The first-order chi connectivity index (χ1) is 9.03. The van der Waals surface area contributed by atoms with Gasteiger partial charge in [-0.1, -0.05) is 0 Å². The van der Waals surface area contributed by atoms with E-state index in [9.17, 15) is 8.42 Å². The van der Waals surface area contributed by atoms with Crippen molar-refractivity contribution in [3.05, 3.63) is 11.8 Å². The molecular weight excluding hydrogens is 266 g/mol. The number of aromatic nitrogens is 2. The van der Waals surface area contributed by atoms with Gasteiger partial charge in [-0.25, -0.2) is 13.1 Å². The maximum Gasteiger partial charge on any atom is 0.257 e. The zero-order valence-corrected chi connectivity index (χ0v) is 12.1. The molecule has 8 heteroatoms. The molecule has 0 radical (unpaired) electrons. The molecule has 0 bridgehead atoms. The van der Waals surface area contributed by atoms with E-state index < -0.39 is 10.0 Å². The van der Waals surface area contributed by atoms with Gasteiger partial charge in [-0.05, 0) is 33.0 Å². The van der Waals surface area contributed by atoms with Gasteiger partial charge in [0, 0.05) is 25.2 Å². The summed E-state index contributed by atoms with van der Waals surface area (Å²) in [5.41, 5.74) is 0.651. The third kappa shape index (κ3) is 3.53. The predicted octanol–water partition coefficient (Wildman–Crippen LogP) is -0.641. The minimum atomic E-state index is -3.50. The van der Waals surface area contributed by atoms with Crippen LogP contribution in [0, 0.1) is 5.92 Å². The molecule has 0 saturated carbocycles. The molecular formula is C11H21N5O2S. The van der Waals surface area contributed by atoms with E-state index in [0.717, 1.165) is 19.5 Å². The fourth-order valence-corrected chi connectivity index (χ4v) is 3.58. The molecule has 1 saturated heterocycles. The molecule has 108 valence electrons. The van der Waals surface area contributed by atoms with Crippen LogP contribution in [0.4, 0.5) is 0 Å². The summed E-state index contributed by atoms with van der Waals surface area (Å²) in [6.45, 7) is 2.92. The van der Waals surface area contributed by atoms with E-state index in [0.29, 0.717) is 24.6 Å². The van der Waals surface area contributed by atoms with Crippen LogP contribution in [0.25, 0.3) is 0 Å². The Morgan fingerprint density at radius 3 is 3.00 bits per heavy atom. The molecule has 2 heterocycles. The van der Waals surface area contributed by atoms with Gasteiger partial charge in [0.15, 0.2) is 5.03 Å². The van der Waals surface area contributed by atoms with Gasteiger partial charge < -0.3 is 10.2 Å². The zero-order valence-electron chi connectivity index (χ0n) is 11.3. The van der Waals surface area contributed by atoms with Crippen molar-refractivity contribution in [1.82, 2.24) is 25.1 Å². The highest BCUT2D eigenvalue weighted by molar-refractivity contribution is 7.89. The van der Waals surface area contributed by atoms with Crippen molar-refractivity contribution in [3.8, 4) is 0 Å². The average molecular weight is 287 g/mol. The van der Waals surface area contributed by atoms with Crippen molar-refractivity contribution in [3.63, 3.8) is 0 Å². The molecule has 0 spiro atoms. The van der Waals surface area contributed by atoms with Crippen molar-refractivity contribution in [2.24, 2.45) is 5.92 Å². The lowest BCUT2D eigenvalue weighted by atomic mass is 10.1. The van der Waals surface area contributed by atoms with Gasteiger partial charge in [-0.15, -0.1) is 0 Å². The molecule has 7 nitrogen and oxygen atoms in total. The van der Waals surface area contributed by atoms with E-state index in [1.165, 1.54) is 6.20 Å². The fraction of sp³-hybridized carbons (Fsp3) is 0.727. The monoisotopic (exact) mass is 287 g/mol. The number of nitrogens with one attached hydrogen (secondary N) is 3. The Bertz CT molecular complexity index is 513. The van der Waals surface area contributed by atoms with Crippen LogP contribution in [0.5, 0.6) is 0 Å². The third-order valence-electron chi connectivity index (χ3n) is 3.37. The quantitative estimate of drug-likeness (QED) is 0.647. The molecule has 1 aliphatic rings. The van der Waals surface area contributed by atoms with E-state index in [1.54, 1.807) is 7.05 Å². The van der Waals surface area contributed by atoms with Crippen LogP contribution >= 0.6 is 0 Å². The molecule has 1 fully saturated rings. The number of hydrogen-bond donors (Lipinski definition) is 3. The Morgan fingerprint density at radius 1 is 1.58 bits per heavy atom. The summed E-state index contributed by atoms with van der Waals surface area (Å²) < 4.78 is 27.1. The highest BCUT2D eigenvalue weighted by Crippen LogP contribution is 2.15. The van der Waals surface area contributed by atoms with Crippen molar-refractivity contribution < 1.29 is 8.42 Å². The largest absolute Gasteiger partial charge is 0.316 e. The Hall–Kier alpha value is -0.960. The van der Waals surface area contributed by atoms with Gasteiger partial charge in [-0.2, -0.15) is 5.10 Å². The Kier molecular flexibility index (Phi) is 4.56. The predicted molar refractivity (Wildman–Crippen MR) is 72.1 cm³/mol. The number of nitrogens with zero attached hydrogens (tertiary/aromatic N) is 2. The normalized spacial score (nSPS) is 21.1. The number of hydrogen-bond acceptors (Lipinski definition) is 5. The van der Waals surface area contributed by atoms with Gasteiger partial charge in [0.2, 0.25) is 0 Å². The van der Waals surface area contributed by atoms with Crippen LogP contribution in [0.15, 0.2) is 11.2 Å². The maximum atomic E-state index is 12.2. The molecule has 0 aliphatic carbocycles. The number of rotatable bonds is 6. The maximum absolute atomic E-state index is 12.2. The SMILES string of the molecule is CNCc1cn[nH]c1S(=O)(=O)NCC1CCN(C)C1. The first kappa shape index (κ1) is 14.4. The standard InChI is InChI=1S/C11H21N5O2S/c1-12-6-10-7-13-15-11(10)19(17,18)14-5-9-3-4-16(2)8-9/h7,9,12,14H,3-6,8H2,1-2H3,(H,13,15). The molecule has 0 amide bonds. The summed E-state index contributed by atoms with van der Waals surface area (Å²) >= 11 is 0. The first-order valence-corrected chi connectivity index (χ1v) is 7.86. The summed E-state index contributed by atoms with van der Waals surface area (Å²) in [6, 6.07) is 0. The van der Waals surface area contributed by atoms with Crippen LogP contribution in [-0.4, -0.2) is 57.2 Å². The lowest BCUT2D eigenvalue weighted by Crippen LogP contribution is -2.31. The molecule has 3 N–H and O–H groups in total. The van der Waals surface area contributed by atoms with Crippen molar-refractivity contribution in [2.45, 2.75) is 18.0 Å². The third-order valence-corrected chi connectivity index (χ3v) is 4.80. The van der Waals surface area contributed by atoms with E-state index in [1.807, 2.05) is 0 Å². The molecule has 1 unspecified atom stereocenters. The van der Waals surface area contributed by atoms with Crippen molar-refractivity contribution >= 4 is 10.0 Å². The molecule has 1 aromatic heterocycles. The lowest BCUT2D eigenvalue weighted by molar-refractivity contribution is 0.394. The Morgan fingerprint density at radius 2 is 2.37 bits per heavy atom. The smallest absolute Gasteiger partial charge is 0.257 e. The van der Waals surface area contributed by atoms with Gasteiger partial charge in [0.25, 0.3) is 10.0 Å². The van der Waals surface area contributed by atoms with Crippen LogP contribution in [-0.2, 0) is 16.6 Å². The minimum absolute atomic E-state index is 0.160. The molecule has 19 heavy (non-hydrogen) atoms. The highest BCUT2D eigenvalue weighted by atomic mass is 32.2. The molecule has 0 aromatic carbocycles. The summed E-state index contributed by atoms with van der Waals surface area (Å²) in [5, 5.41) is 9.46. The lowest BCUT2D eigenvalue weighted by Gasteiger charge is -2.12. The number of likely N-dealkylation sites (tertiary alicyclic amines) is 1. The molecule has 1 aliphatic heterocycles. The van der Waals surface area contributed by atoms with Crippen LogP contribution in [0.2, 0.25) is 0 Å². The summed E-state index contributed by atoms with van der Waals surface area (Å²) in [7, 11) is 0.318. The summed E-state index contributed by atoms with van der Waals surface area (Å²) in [6.07, 6.45) is 2.57. The van der Waals surface area contributed by atoms with Crippen LogP contribution in [0.3, 0.4) is 0 Å². The zero-order chi connectivity index (χ0) is 13.9. The second-order valence-corrected chi connectivity index (χ2v) is 6.73. The Balaban J connectivity index is 1.99. The summed E-state index contributed by atoms with van der Waals surface area (Å²) in [4.78, 5) is 2.21. The first-order valence-electron chi connectivity index (χ1n) is 6.38. The fourth-order valence-electron chi connectivity index (χ4n) is 2.34.